The van der Waals surface area contributed by atoms with Crippen molar-refractivity contribution in [2.45, 2.75) is 31.0 Å². The first-order chi connectivity index (χ1) is 17.3. The van der Waals surface area contributed by atoms with E-state index in [2.05, 4.69) is 10.6 Å². The van der Waals surface area contributed by atoms with Crippen LogP contribution in [-0.2, 0) is 11.0 Å². The molecule has 3 aromatic rings. The molecule has 0 bridgehead atoms. The summed E-state index contributed by atoms with van der Waals surface area (Å²) in [5, 5.41) is 6.73. The van der Waals surface area contributed by atoms with Gasteiger partial charge in [0.05, 0.1) is 37.2 Å². The van der Waals surface area contributed by atoms with Gasteiger partial charge in [-0.05, 0) is 59.9 Å². The van der Waals surface area contributed by atoms with E-state index in [1.807, 2.05) is 42.5 Å². The third-order valence-electron chi connectivity index (χ3n) is 6.74. The molecule has 0 amide bonds. The predicted octanol–water partition coefficient (Wildman–Crippen LogP) is 6.70. The average Bonchev–Trinajstić information content (AvgIpc) is 3.04. The Morgan fingerprint density at radius 1 is 0.833 bits per heavy atom. The van der Waals surface area contributed by atoms with Gasteiger partial charge in [-0.3, -0.25) is 4.79 Å². The van der Waals surface area contributed by atoms with Crippen LogP contribution >= 0.6 is 0 Å². The van der Waals surface area contributed by atoms with Crippen LogP contribution in [0, 0.1) is 0 Å². The lowest BCUT2D eigenvalue weighted by Gasteiger charge is -2.30. The summed E-state index contributed by atoms with van der Waals surface area (Å²) in [5.41, 5.74) is 3.20. The van der Waals surface area contributed by atoms with E-state index in [1.54, 1.807) is 20.3 Å². The fourth-order valence-electron chi connectivity index (χ4n) is 4.98. The monoisotopic (exact) mass is 494 g/mol. The Morgan fingerprint density at radius 2 is 1.58 bits per heavy atom. The van der Waals surface area contributed by atoms with Crippen molar-refractivity contribution in [3.8, 4) is 11.5 Å². The summed E-state index contributed by atoms with van der Waals surface area (Å²) in [6.07, 6.45) is -3.74. The summed E-state index contributed by atoms with van der Waals surface area (Å²) in [6, 6.07) is 17.5. The van der Waals surface area contributed by atoms with Crippen LogP contribution in [0.2, 0.25) is 0 Å². The number of carbonyl (C=O) groups is 1. The van der Waals surface area contributed by atoms with Gasteiger partial charge < -0.3 is 20.1 Å². The van der Waals surface area contributed by atoms with Crippen LogP contribution in [0.15, 0.2) is 78.0 Å². The third kappa shape index (κ3) is 4.39. The van der Waals surface area contributed by atoms with Crippen LogP contribution in [0.1, 0.15) is 41.5 Å². The summed E-state index contributed by atoms with van der Waals surface area (Å²) >= 11 is 0. The minimum absolute atomic E-state index is 0.119. The molecular weight excluding hydrogens is 469 g/mol. The molecule has 2 N–H and O–H groups in total. The SMILES string of the molecule is COc1ccc(C2CC(=O)C3=C(C2)Nc2ccccc2NC3c2cccc(C(F)(F)F)c2)cc1OC. The second-order valence-corrected chi connectivity index (χ2v) is 8.91. The second-order valence-electron chi connectivity index (χ2n) is 8.91. The molecule has 1 aliphatic carbocycles. The lowest BCUT2D eigenvalue weighted by Crippen LogP contribution is -2.27. The molecule has 0 saturated carbocycles. The number of Topliss-reactive ketones (excluding diaryl/α,β-unsaturated/α-hetero) is 1. The molecule has 8 heteroatoms. The highest BCUT2D eigenvalue weighted by Gasteiger charge is 2.37. The maximum absolute atomic E-state index is 13.6. The highest BCUT2D eigenvalue weighted by molar-refractivity contribution is 6.01. The van der Waals surface area contributed by atoms with E-state index in [1.165, 1.54) is 6.07 Å². The van der Waals surface area contributed by atoms with Gasteiger partial charge in [0.1, 0.15) is 0 Å². The predicted molar refractivity (Wildman–Crippen MR) is 131 cm³/mol. The highest BCUT2D eigenvalue weighted by Crippen LogP contribution is 2.45. The molecule has 0 radical (unpaired) electrons. The lowest BCUT2D eigenvalue weighted by atomic mass is 9.78. The summed E-state index contributed by atoms with van der Waals surface area (Å²) in [7, 11) is 3.12. The molecule has 1 heterocycles. The zero-order chi connectivity index (χ0) is 25.4. The molecular formula is C28H25F3N2O3. The molecule has 0 fully saturated rings. The van der Waals surface area contributed by atoms with Crippen LogP contribution in [-0.4, -0.2) is 20.0 Å². The number of ketones is 1. The molecule has 0 saturated heterocycles. The van der Waals surface area contributed by atoms with E-state index in [4.69, 9.17) is 9.47 Å². The number of ether oxygens (including phenoxy) is 2. The minimum Gasteiger partial charge on any atom is -0.493 e. The first-order valence-corrected chi connectivity index (χ1v) is 11.6. The Morgan fingerprint density at radius 3 is 2.31 bits per heavy atom. The number of nitrogens with one attached hydrogen (secondary N) is 2. The molecule has 1 aliphatic heterocycles. The number of rotatable bonds is 4. The smallest absolute Gasteiger partial charge is 0.416 e. The molecule has 2 atom stereocenters. The minimum atomic E-state index is -4.48. The third-order valence-corrected chi connectivity index (χ3v) is 6.74. The number of hydrogen-bond acceptors (Lipinski definition) is 5. The molecule has 0 aromatic heterocycles. The molecule has 36 heavy (non-hydrogen) atoms. The van der Waals surface area contributed by atoms with Crippen molar-refractivity contribution < 1.29 is 27.4 Å². The number of hydrogen-bond donors (Lipinski definition) is 2. The molecule has 186 valence electrons. The van der Waals surface area contributed by atoms with Gasteiger partial charge >= 0.3 is 6.18 Å². The van der Waals surface area contributed by atoms with Crippen molar-refractivity contribution >= 4 is 17.2 Å². The fraction of sp³-hybridized carbons (Fsp3) is 0.250. The highest BCUT2D eigenvalue weighted by atomic mass is 19.4. The van der Waals surface area contributed by atoms with Crippen LogP contribution < -0.4 is 20.1 Å². The van der Waals surface area contributed by atoms with Crippen molar-refractivity contribution in [3.05, 3.63) is 94.7 Å². The molecule has 2 unspecified atom stereocenters. The lowest BCUT2D eigenvalue weighted by molar-refractivity contribution is -0.137. The fourth-order valence-corrected chi connectivity index (χ4v) is 4.98. The Hall–Kier alpha value is -3.94. The van der Waals surface area contributed by atoms with E-state index >= 15 is 0 Å². The maximum Gasteiger partial charge on any atom is 0.416 e. The van der Waals surface area contributed by atoms with Crippen molar-refractivity contribution in [3.63, 3.8) is 0 Å². The topological polar surface area (TPSA) is 59.6 Å². The van der Waals surface area contributed by atoms with Gasteiger partial charge in [-0.2, -0.15) is 13.2 Å². The number of fused-ring (bicyclic) bond motifs is 1. The van der Waals surface area contributed by atoms with Gasteiger partial charge in [-0.25, -0.2) is 0 Å². The van der Waals surface area contributed by atoms with Crippen molar-refractivity contribution in [2.24, 2.45) is 0 Å². The Kier molecular flexibility index (Phi) is 6.12. The molecule has 2 aliphatic rings. The normalized spacial score (nSPS) is 19.4. The van der Waals surface area contributed by atoms with Gasteiger partial charge in [0.15, 0.2) is 17.3 Å². The Bertz CT molecular complexity index is 1350. The summed E-state index contributed by atoms with van der Waals surface area (Å²) in [5.74, 6) is 0.922. The first kappa shape index (κ1) is 23.8. The van der Waals surface area contributed by atoms with Gasteiger partial charge in [0.25, 0.3) is 0 Å². The largest absolute Gasteiger partial charge is 0.493 e. The molecule has 5 rings (SSSR count). The quantitative estimate of drug-likeness (QED) is 0.423. The van der Waals surface area contributed by atoms with Crippen LogP contribution in [0.3, 0.4) is 0 Å². The van der Waals surface area contributed by atoms with Gasteiger partial charge in [-0.15, -0.1) is 0 Å². The zero-order valence-electron chi connectivity index (χ0n) is 19.8. The van der Waals surface area contributed by atoms with E-state index in [0.29, 0.717) is 40.4 Å². The number of benzene rings is 3. The summed E-state index contributed by atoms with van der Waals surface area (Å²) < 4.78 is 51.2. The molecule has 3 aromatic carbocycles. The summed E-state index contributed by atoms with van der Waals surface area (Å²) in [4.78, 5) is 13.6. The van der Waals surface area contributed by atoms with Crippen molar-refractivity contribution in [1.29, 1.82) is 0 Å². The Labute approximate surface area is 206 Å². The van der Waals surface area contributed by atoms with E-state index in [0.717, 1.165) is 23.4 Å². The van der Waals surface area contributed by atoms with Crippen LogP contribution in [0.5, 0.6) is 11.5 Å². The van der Waals surface area contributed by atoms with Gasteiger partial charge in [-0.1, -0.05) is 30.3 Å². The van der Waals surface area contributed by atoms with Crippen molar-refractivity contribution in [2.75, 3.05) is 24.9 Å². The molecule has 0 spiro atoms. The zero-order valence-corrected chi connectivity index (χ0v) is 19.8. The van der Waals surface area contributed by atoms with E-state index in [9.17, 15) is 18.0 Å². The number of allylic oxidation sites excluding steroid dienone is 1. The van der Waals surface area contributed by atoms with E-state index < -0.39 is 17.8 Å². The standard InChI is InChI=1S/C28H25F3N2O3/c1-35-24-11-10-16(15-25(24)36-2)18-13-22-26(23(34)14-18)27(33-21-9-4-3-8-20(21)32-22)17-6-5-7-19(12-17)28(29,30)31/h3-12,15,18,27,32-33H,13-14H2,1-2H3. The van der Waals surface area contributed by atoms with E-state index in [-0.39, 0.29) is 18.1 Å². The Balaban J connectivity index is 1.59. The van der Waals surface area contributed by atoms with Crippen molar-refractivity contribution in [1.82, 2.24) is 0 Å². The number of carbonyl (C=O) groups excluding carboxylic acids is 1. The van der Waals surface area contributed by atoms with Gasteiger partial charge in [0, 0.05) is 17.7 Å². The second kappa shape index (κ2) is 9.26. The number of alkyl halides is 3. The number of anilines is 2. The van der Waals surface area contributed by atoms with Crippen LogP contribution in [0.25, 0.3) is 0 Å². The number of para-hydroxylation sites is 2. The summed E-state index contributed by atoms with van der Waals surface area (Å²) in [6.45, 7) is 0. The number of methoxy groups -OCH3 is 2. The van der Waals surface area contributed by atoms with Crippen LogP contribution in [0.4, 0.5) is 24.5 Å². The first-order valence-electron chi connectivity index (χ1n) is 11.6. The van der Waals surface area contributed by atoms with Gasteiger partial charge in [0.2, 0.25) is 0 Å². The maximum atomic E-state index is 13.6. The molecule has 5 nitrogen and oxygen atoms in total. The number of halogens is 3. The average molecular weight is 495 g/mol.